The zero-order chi connectivity index (χ0) is 21.9. The van der Waals surface area contributed by atoms with Crippen LogP contribution in [-0.4, -0.2) is 56.1 Å². The van der Waals surface area contributed by atoms with E-state index in [1.54, 1.807) is 24.3 Å². The van der Waals surface area contributed by atoms with Gasteiger partial charge in [-0.05, 0) is 56.1 Å². The third-order valence-corrected chi connectivity index (χ3v) is 5.14. The number of nitrogens with zero attached hydrogens (tertiary/aromatic N) is 1. The number of morpholine rings is 1. The lowest BCUT2D eigenvalue weighted by Gasteiger charge is -2.33. The van der Waals surface area contributed by atoms with E-state index in [9.17, 15) is 9.59 Å². The predicted molar refractivity (Wildman–Crippen MR) is 120 cm³/mol. The van der Waals surface area contributed by atoms with E-state index in [1.165, 1.54) is 5.56 Å². The molecule has 1 aliphatic rings. The number of unbranched alkanes of at least 4 members (excludes halogenated alkanes) is 1. The molecule has 0 spiro atoms. The second kappa shape index (κ2) is 12.1. The number of carbonyl (C=O) groups excluding carboxylic acids is 2. The van der Waals surface area contributed by atoms with Crippen LogP contribution >= 0.6 is 0 Å². The number of hydrogen-bond donors (Lipinski definition) is 2. The lowest BCUT2D eigenvalue weighted by Crippen LogP contribution is -2.39. The molecule has 2 aromatic carbocycles. The Bertz CT molecular complexity index is 826. The van der Waals surface area contributed by atoms with E-state index < -0.39 is 11.8 Å². The second-order valence-electron chi connectivity index (χ2n) is 7.45. The minimum atomic E-state index is -0.664. The van der Waals surface area contributed by atoms with Crippen LogP contribution in [-0.2, 0) is 14.3 Å². The summed E-state index contributed by atoms with van der Waals surface area (Å²) in [6, 6.07) is 17.2. The Morgan fingerprint density at radius 1 is 1.06 bits per heavy atom. The monoisotopic (exact) mass is 425 g/mol. The molecule has 2 amide bonds. The molecule has 7 heteroatoms. The number of hydrogen-bond acceptors (Lipinski definition) is 5. The average molecular weight is 426 g/mol. The van der Waals surface area contributed by atoms with Crippen LogP contribution < -0.4 is 15.4 Å². The standard InChI is InChI=1S/C24H31N3O4/c1-2-30-21-12-10-20(11-13-21)26-24(29)23(28)25-14-6-7-15-27-16-17-31-22(18-27)19-8-4-3-5-9-19/h3-5,8-13,22H,2,6-7,14-18H2,1H3,(H,25,28)(H,26,29). The summed E-state index contributed by atoms with van der Waals surface area (Å²) < 4.78 is 11.3. The van der Waals surface area contributed by atoms with Gasteiger partial charge in [0.1, 0.15) is 5.75 Å². The van der Waals surface area contributed by atoms with Crippen molar-refractivity contribution in [3.8, 4) is 5.75 Å². The molecule has 0 aromatic heterocycles. The fourth-order valence-electron chi connectivity index (χ4n) is 3.51. The lowest BCUT2D eigenvalue weighted by molar-refractivity contribution is -0.136. The highest BCUT2D eigenvalue weighted by molar-refractivity contribution is 6.39. The van der Waals surface area contributed by atoms with Crippen LogP contribution in [0.4, 0.5) is 5.69 Å². The third-order valence-electron chi connectivity index (χ3n) is 5.14. The van der Waals surface area contributed by atoms with Gasteiger partial charge in [0.25, 0.3) is 0 Å². The van der Waals surface area contributed by atoms with E-state index in [-0.39, 0.29) is 6.10 Å². The molecule has 1 fully saturated rings. The molecule has 0 saturated carbocycles. The van der Waals surface area contributed by atoms with Crippen LogP contribution in [0.2, 0.25) is 0 Å². The summed E-state index contributed by atoms with van der Waals surface area (Å²) in [4.78, 5) is 26.4. The van der Waals surface area contributed by atoms with E-state index in [4.69, 9.17) is 9.47 Å². The van der Waals surface area contributed by atoms with Crippen LogP contribution in [0.1, 0.15) is 31.4 Å². The zero-order valence-corrected chi connectivity index (χ0v) is 18.0. The van der Waals surface area contributed by atoms with Crippen LogP contribution in [0, 0.1) is 0 Å². The van der Waals surface area contributed by atoms with E-state index in [0.717, 1.165) is 44.8 Å². The van der Waals surface area contributed by atoms with Crippen molar-refractivity contribution in [3.05, 3.63) is 60.2 Å². The molecule has 2 N–H and O–H groups in total. The maximum atomic E-state index is 12.0. The van der Waals surface area contributed by atoms with Gasteiger partial charge >= 0.3 is 11.8 Å². The minimum Gasteiger partial charge on any atom is -0.494 e. The highest BCUT2D eigenvalue weighted by Crippen LogP contribution is 2.22. The maximum Gasteiger partial charge on any atom is 0.313 e. The molecule has 7 nitrogen and oxygen atoms in total. The Balaban J connectivity index is 1.31. The van der Waals surface area contributed by atoms with Crippen molar-refractivity contribution >= 4 is 17.5 Å². The largest absolute Gasteiger partial charge is 0.494 e. The summed E-state index contributed by atoms with van der Waals surface area (Å²) in [6.45, 7) is 6.42. The predicted octanol–water partition coefficient (Wildman–Crippen LogP) is 2.99. The lowest BCUT2D eigenvalue weighted by atomic mass is 10.1. The molecule has 31 heavy (non-hydrogen) atoms. The zero-order valence-electron chi connectivity index (χ0n) is 18.0. The van der Waals surface area contributed by atoms with Crippen molar-refractivity contribution in [2.75, 3.05) is 44.7 Å². The van der Waals surface area contributed by atoms with E-state index in [0.29, 0.717) is 18.8 Å². The van der Waals surface area contributed by atoms with Gasteiger partial charge in [-0.3, -0.25) is 14.5 Å². The maximum absolute atomic E-state index is 12.0. The molecule has 166 valence electrons. The number of rotatable bonds is 9. The Kier molecular flexibility index (Phi) is 8.87. The molecule has 0 bridgehead atoms. The Morgan fingerprint density at radius 3 is 2.58 bits per heavy atom. The van der Waals surface area contributed by atoms with Gasteiger partial charge in [-0.15, -0.1) is 0 Å². The van der Waals surface area contributed by atoms with E-state index in [2.05, 4.69) is 27.7 Å². The van der Waals surface area contributed by atoms with Crippen molar-refractivity contribution < 1.29 is 19.1 Å². The second-order valence-corrected chi connectivity index (χ2v) is 7.45. The highest BCUT2D eigenvalue weighted by Gasteiger charge is 2.21. The first-order chi connectivity index (χ1) is 15.2. The Morgan fingerprint density at radius 2 is 1.84 bits per heavy atom. The smallest absolute Gasteiger partial charge is 0.313 e. The molecule has 1 atom stereocenters. The van der Waals surface area contributed by atoms with Crippen LogP contribution in [0.15, 0.2) is 54.6 Å². The normalized spacial score (nSPS) is 16.5. The summed E-state index contributed by atoms with van der Waals surface area (Å²) in [7, 11) is 0. The van der Waals surface area contributed by atoms with Crippen molar-refractivity contribution in [2.24, 2.45) is 0 Å². The first-order valence-corrected chi connectivity index (χ1v) is 10.9. The van der Waals surface area contributed by atoms with Crippen molar-refractivity contribution in [3.63, 3.8) is 0 Å². The van der Waals surface area contributed by atoms with Gasteiger partial charge in [-0.25, -0.2) is 0 Å². The fourth-order valence-corrected chi connectivity index (χ4v) is 3.51. The minimum absolute atomic E-state index is 0.112. The molecule has 1 heterocycles. The quantitative estimate of drug-likeness (QED) is 0.477. The number of nitrogens with one attached hydrogen (secondary N) is 2. The molecular formula is C24H31N3O4. The Hall–Kier alpha value is -2.90. The number of carbonyl (C=O) groups is 2. The number of amides is 2. The van der Waals surface area contributed by atoms with Crippen LogP contribution in [0.3, 0.4) is 0 Å². The van der Waals surface area contributed by atoms with Gasteiger partial charge in [-0.2, -0.15) is 0 Å². The summed E-state index contributed by atoms with van der Waals surface area (Å²) in [5, 5.41) is 5.28. The molecule has 1 unspecified atom stereocenters. The first-order valence-electron chi connectivity index (χ1n) is 10.9. The van der Waals surface area contributed by atoms with Crippen molar-refractivity contribution in [2.45, 2.75) is 25.9 Å². The molecular weight excluding hydrogens is 394 g/mol. The fraction of sp³-hybridized carbons (Fsp3) is 0.417. The molecule has 1 aliphatic heterocycles. The van der Waals surface area contributed by atoms with E-state index >= 15 is 0 Å². The molecule has 3 rings (SSSR count). The van der Waals surface area contributed by atoms with Gasteiger partial charge in [0.15, 0.2) is 0 Å². The topological polar surface area (TPSA) is 79.9 Å². The number of ether oxygens (including phenoxy) is 2. The van der Waals surface area contributed by atoms with Crippen LogP contribution in [0.25, 0.3) is 0 Å². The number of benzene rings is 2. The summed E-state index contributed by atoms with van der Waals surface area (Å²) in [5.41, 5.74) is 1.77. The number of anilines is 1. The van der Waals surface area contributed by atoms with Gasteiger partial charge in [-0.1, -0.05) is 30.3 Å². The molecule has 0 radical (unpaired) electrons. The van der Waals surface area contributed by atoms with Crippen molar-refractivity contribution in [1.82, 2.24) is 10.2 Å². The summed E-state index contributed by atoms with van der Waals surface area (Å²) in [5.74, 6) is -0.562. The first kappa shape index (κ1) is 22.8. The van der Waals surface area contributed by atoms with Gasteiger partial charge in [0, 0.05) is 25.3 Å². The van der Waals surface area contributed by atoms with Gasteiger partial charge in [0.2, 0.25) is 0 Å². The third kappa shape index (κ3) is 7.38. The highest BCUT2D eigenvalue weighted by atomic mass is 16.5. The van der Waals surface area contributed by atoms with E-state index in [1.807, 2.05) is 25.1 Å². The van der Waals surface area contributed by atoms with Crippen molar-refractivity contribution in [1.29, 1.82) is 0 Å². The molecule has 1 saturated heterocycles. The average Bonchev–Trinajstić information content (AvgIpc) is 2.81. The molecule has 2 aromatic rings. The Labute approximate surface area is 183 Å². The summed E-state index contributed by atoms with van der Waals surface area (Å²) in [6.07, 6.45) is 1.87. The SMILES string of the molecule is CCOc1ccc(NC(=O)C(=O)NCCCCN2CCOC(c3ccccc3)C2)cc1. The van der Waals surface area contributed by atoms with Gasteiger partial charge in [0.05, 0.1) is 19.3 Å². The molecule has 0 aliphatic carbocycles. The van der Waals surface area contributed by atoms with Gasteiger partial charge < -0.3 is 20.1 Å². The van der Waals surface area contributed by atoms with Crippen LogP contribution in [0.5, 0.6) is 5.75 Å². The summed E-state index contributed by atoms with van der Waals surface area (Å²) >= 11 is 0.